The van der Waals surface area contributed by atoms with Crippen LogP contribution in [-0.4, -0.2) is 38.2 Å². The summed E-state index contributed by atoms with van der Waals surface area (Å²) in [6, 6.07) is 19.0. The minimum absolute atomic E-state index is 0.115. The molecule has 5 rings (SSSR count). The van der Waals surface area contributed by atoms with Gasteiger partial charge in [0.1, 0.15) is 5.75 Å². The number of carbonyl (C=O) groups is 3. The molecular weight excluding hydrogens is 450 g/mol. The molecule has 0 radical (unpaired) electrons. The maximum Gasteiger partial charge on any atom is 0.255 e. The van der Waals surface area contributed by atoms with Crippen molar-refractivity contribution in [3.8, 4) is 17.2 Å². The van der Waals surface area contributed by atoms with Crippen LogP contribution in [0.1, 0.15) is 16.8 Å². The summed E-state index contributed by atoms with van der Waals surface area (Å²) in [6.45, 7) is 0.407. The minimum Gasteiger partial charge on any atom is -0.497 e. The smallest absolute Gasteiger partial charge is 0.255 e. The molecule has 1 atom stereocenters. The monoisotopic (exact) mass is 473 g/mol. The quantitative estimate of drug-likeness (QED) is 0.566. The predicted molar refractivity (Wildman–Crippen MR) is 129 cm³/mol. The molecule has 0 saturated carbocycles. The Hall–Kier alpha value is -4.53. The highest BCUT2D eigenvalue weighted by atomic mass is 16.7. The summed E-state index contributed by atoms with van der Waals surface area (Å²) in [7, 11) is 1.56. The number of hydrogen-bond donors (Lipinski definition) is 2. The van der Waals surface area contributed by atoms with Gasteiger partial charge in [0, 0.05) is 41.7 Å². The van der Waals surface area contributed by atoms with Crippen molar-refractivity contribution in [3.63, 3.8) is 0 Å². The SMILES string of the molecule is COc1cccc(N2CC(C(=O)Nc3cccc(NC(=O)c4ccc5c(c4)OCO5)c3)CC2=O)c1. The number of carbonyl (C=O) groups excluding carboxylic acids is 3. The van der Waals surface area contributed by atoms with Crippen molar-refractivity contribution in [2.45, 2.75) is 6.42 Å². The van der Waals surface area contributed by atoms with Gasteiger partial charge in [-0.2, -0.15) is 0 Å². The number of hydrogen-bond acceptors (Lipinski definition) is 6. The van der Waals surface area contributed by atoms with Crippen molar-refractivity contribution in [1.29, 1.82) is 0 Å². The van der Waals surface area contributed by atoms with Gasteiger partial charge in [0.2, 0.25) is 18.6 Å². The maximum atomic E-state index is 12.9. The van der Waals surface area contributed by atoms with Crippen molar-refractivity contribution in [1.82, 2.24) is 0 Å². The van der Waals surface area contributed by atoms with Crippen molar-refractivity contribution in [2.24, 2.45) is 5.92 Å². The van der Waals surface area contributed by atoms with Crippen LogP contribution in [0.5, 0.6) is 17.2 Å². The molecule has 2 aliphatic rings. The van der Waals surface area contributed by atoms with Gasteiger partial charge in [-0.3, -0.25) is 14.4 Å². The van der Waals surface area contributed by atoms with Gasteiger partial charge in [0.25, 0.3) is 5.91 Å². The van der Waals surface area contributed by atoms with E-state index in [1.54, 1.807) is 72.7 Å². The number of ether oxygens (including phenoxy) is 3. The van der Waals surface area contributed by atoms with Crippen LogP contribution < -0.4 is 29.7 Å². The molecule has 0 spiro atoms. The number of fused-ring (bicyclic) bond motifs is 1. The van der Waals surface area contributed by atoms with Crippen molar-refractivity contribution >= 4 is 34.8 Å². The Kier molecular flexibility index (Phi) is 5.97. The Morgan fingerprint density at radius 1 is 0.943 bits per heavy atom. The number of nitrogens with one attached hydrogen (secondary N) is 2. The Morgan fingerprint density at radius 2 is 1.71 bits per heavy atom. The molecule has 0 bridgehead atoms. The van der Waals surface area contributed by atoms with E-state index in [0.29, 0.717) is 39.9 Å². The zero-order valence-electron chi connectivity index (χ0n) is 18.9. The number of nitrogens with zero attached hydrogens (tertiary/aromatic N) is 1. The van der Waals surface area contributed by atoms with Crippen LogP contribution in [0, 0.1) is 5.92 Å². The van der Waals surface area contributed by atoms with Gasteiger partial charge in [-0.25, -0.2) is 0 Å². The fraction of sp³-hybridized carbons (Fsp3) is 0.192. The molecule has 3 aromatic carbocycles. The standard InChI is InChI=1S/C26H23N3O6/c1-33-21-7-3-6-20(13-21)29-14-17(11-24(29)30)26(32)28-19-5-2-4-18(12-19)27-25(31)16-8-9-22-23(10-16)35-15-34-22/h2-10,12-13,17H,11,14-15H2,1H3,(H,27,31)(H,28,32). The molecule has 9 nitrogen and oxygen atoms in total. The molecule has 1 fully saturated rings. The lowest BCUT2D eigenvalue weighted by Crippen LogP contribution is -2.28. The van der Waals surface area contributed by atoms with Crippen LogP contribution in [0.25, 0.3) is 0 Å². The van der Waals surface area contributed by atoms with Crippen molar-refractivity contribution < 1.29 is 28.6 Å². The van der Waals surface area contributed by atoms with Crippen LogP contribution in [-0.2, 0) is 9.59 Å². The molecule has 178 valence electrons. The van der Waals surface area contributed by atoms with Gasteiger partial charge in [-0.1, -0.05) is 12.1 Å². The average molecular weight is 473 g/mol. The third-order valence-electron chi connectivity index (χ3n) is 5.88. The predicted octanol–water partition coefficient (Wildman–Crippen LogP) is 3.67. The number of rotatable bonds is 6. The van der Waals surface area contributed by atoms with Crippen LogP contribution in [0.3, 0.4) is 0 Å². The average Bonchev–Trinajstić information content (AvgIpc) is 3.50. The lowest BCUT2D eigenvalue weighted by atomic mass is 10.1. The van der Waals surface area contributed by atoms with E-state index in [0.717, 1.165) is 0 Å². The molecule has 0 aromatic heterocycles. The van der Waals surface area contributed by atoms with Gasteiger partial charge >= 0.3 is 0 Å². The van der Waals surface area contributed by atoms with Gasteiger partial charge < -0.3 is 29.7 Å². The molecule has 2 heterocycles. The van der Waals surface area contributed by atoms with E-state index in [4.69, 9.17) is 14.2 Å². The van der Waals surface area contributed by atoms with E-state index >= 15 is 0 Å². The summed E-state index contributed by atoms with van der Waals surface area (Å²) in [4.78, 5) is 39.7. The molecule has 1 unspecified atom stereocenters. The molecular formula is C26H23N3O6. The first-order chi connectivity index (χ1) is 17.0. The summed E-state index contributed by atoms with van der Waals surface area (Å²) < 4.78 is 15.8. The number of anilines is 3. The zero-order valence-corrected chi connectivity index (χ0v) is 18.9. The molecule has 35 heavy (non-hydrogen) atoms. The normalized spacial score (nSPS) is 16.2. The van der Waals surface area contributed by atoms with Gasteiger partial charge in [-0.15, -0.1) is 0 Å². The van der Waals surface area contributed by atoms with Crippen LogP contribution in [0.4, 0.5) is 17.1 Å². The van der Waals surface area contributed by atoms with Crippen molar-refractivity contribution in [2.75, 3.05) is 36.0 Å². The fourth-order valence-electron chi connectivity index (χ4n) is 4.07. The second-order valence-corrected chi connectivity index (χ2v) is 8.20. The third-order valence-corrected chi connectivity index (χ3v) is 5.88. The number of benzene rings is 3. The van der Waals surface area contributed by atoms with E-state index < -0.39 is 5.92 Å². The Labute approximate surface area is 201 Å². The van der Waals surface area contributed by atoms with E-state index in [1.165, 1.54) is 0 Å². The maximum absolute atomic E-state index is 12.9. The molecule has 2 aliphatic heterocycles. The van der Waals surface area contributed by atoms with Crippen LogP contribution in [0.2, 0.25) is 0 Å². The zero-order chi connectivity index (χ0) is 24.4. The van der Waals surface area contributed by atoms with Crippen LogP contribution in [0.15, 0.2) is 66.7 Å². The Bertz CT molecular complexity index is 1310. The largest absolute Gasteiger partial charge is 0.497 e. The van der Waals surface area contributed by atoms with E-state index in [2.05, 4.69) is 10.6 Å². The first-order valence-electron chi connectivity index (χ1n) is 11.1. The molecule has 3 amide bonds. The first-order valence-corrected chi connectivity index (χ1v) is 11.1. The second-order valence-electron chi connectivity index (χ2n) is 8.20. The minimum atomic E-state index is -0.499. The highest BCUT2D eigenvalue weighted by molar-refractivity contribution is 6.06. The molecule has 2 N–H and O–H groups in total. The molecule has 1 saturated heterocycles. The lowest BCUT2D eigenvalue weighted by molar-refractivity contribution is -0.122. The summed E-state index contributed by atoms with van der Waals surface area (Å²) in [5.41, 5.74) is 2.15. The highest BCUT2D eigenvalue weighted by Crippen LogP contribution is 2.33. The summed E-state index contributed by atoms with van der Waals surface area (Å²) in [5, 5.41) is 5.67. The van der Waals surface area contributed by atoms with E-state index in [1.807, 2.05) is 6.07 Å². The Morgan fingerprint density at radius 3 is 2.54 bits per heavy atom. The third kappa shape index (κ3) is 4.74. The topological polar surface area (TPSA) is 106 Å². The van der Waals surface area contributed by atoms with Crippen LogP contribution >= 0.6 is 0 Å². The highest BCUT2D eigenvalue weighted by Gasteiger charge is 2.35. The van der Waals surface area contributed by atoms with E-state index in [-0.39, 0.29) is 37.5 Å². The molecule has 0 aliphatic carbocycles. The van der Waals surface area contributed by atoms with E-state index in [9.17, 15) is 14.4 Å². The molecule has 3 aromatic rings. The molecule has 9 heteroatoms. The van der Waals surface area contributed by atoms with Gasteiger partial charge in [0.05, 0.1) is 13.0 Å². The number of methoxy groups -OCH3 is 1. The van der Waals surface area contributed by atoms with Gasteiger partial charge in [-0.05, 0) is 48.5 Å². The van der Waals surface area contributed by atoms with Gasteiger partial charge in [0.15, 0.2) is 11.5 Å². The Balaban J connectivity index is 1.22. The first kappa shape index (κ1) is 22.3. The van der Waals surface area contributed by atoms with Crippen molar-refractivity contribution in [3.05, 3.63) is 72.3 Å². The lowest BCUT2D eigenvalue weighted by Gasteiger charge is -2.17. The number of amides is 3. The summed E-state index contributed by atoms with van der Waals surface area (Å²) >= 11 is 0. The fourth-order valence-corrected chi connectivity index (χ4v) is 4.07. The summed E-state index contributed by atoms with van der Waals surface area (Å²) in [5.74, 6) is 0.561. The summed E-state index contributed by atoms with van der Waals surface area (Å²) in [6.07, 6.45) is 0.115. The second kappa shape index (κ2) is 9.38.